The Bertz CT molecular complexity index is 548. The van der Waals surface area contributed by atoms with E-state index >= 15 is 0 Å². The van der Waals surface area contributed by atoms with E-state index in [1.54, 1.807) is 6.07 Å². The molecular formula is C17H22ClN3. The summed E-state index contributed by atoms with van der Waals surface area (Å²) in [5.74, 6) is 0. The van der Waals surface area contributed by atoms with Crippen LogP contribution in [-0.2, 0) is 0 Å². The molecule has 1 aliphatic rings. The van der Waals surface area contributed by atoms with Crippen LogP contribution in [0.3, 0.4) is 0 Å². The van der Waals surface area contributed by atoms with Gasteiger partial charge >= 0.3 is 0 Å². The first kappa shape index (κ1) is 15.9. The normalized spacial score (nSPS) is 16.3. The van der Waals surface area contributed by atoms with Crippen LogP contribution in [0.1, 0.15) is 32.3 Å². The van der Waals surface area contributed by atoms with Crippen molar-refractivity contribution in [2.75, 3.05) is 25.0 Å². The van der Waals surface area contributed by atoms with Gasteiger partial charge in [-0.05, 0) is 44.9 Å². The highest BCUT2D eigenvalue weighted by Gasteiger charge is 2.18. The van der Waals surface area contributed by atoms with Crippen molar-refractivity contribution in [3.8, 4) is 6.07 Å². The Hall–Kier alpha value is -1.50. The van der Waals surface area contributed by atoms with Gasteiger partial charge in [0.05, 0.1) is 10.6 Å². The van der Waals surface area contributed by atoms with Crippen molar-refractivity contribution in [1.82, 2.24) is 4.90 Å². The standard InChI is InChI=1S/C17H22ClN3/c1-13(2)5-8-21-9-6-15(7-10-21)20-16-4-3-14(12-19)17(18)11-16/h3-5,11,15,20H,6-10H2,1-2H3. The van der Waals surface area contributed by atoms with Crippen LogP contribution in [0.2, 0.25) is 5.02 Å². The molecule has 0 spiro atoms. The number of anilines is 1. The second-order valence-corrected chi connectivity index (χ2v) is 6.21. The lowest BCUT2D eigenvalue weighted by molar-refractivity contribution is 0.240. The number of nitriles is 1. The van der Waals surface area contributed by atoms with Crippen molar-refractivity contribution in [2.24, 2.45) is 0 Å². The Morgan fingerprint density at radius 3 is 2.71 bits per heavy atom. The van der Waals surface area contributed by atoms with Crippen molar-refractivity contribution in [1.29, 1.82) is 5.26 Å². The smallest absolute Gasteiger partial charge is 0.101 e. The van der Waals surface area contributed by atoms with E-state index in [1.807, 2.05) is 12.1 Å². The third-order valence-electron chi connectivity index (χ3n) is 3.81. The number of halogens is 1. The van der Waals surface area contributed by atoms with E-state index in [9.17, 15) is 0 Å². The second kappa shape index (κ2) is 7.49. The molecule has 1 N–H and O–H groups in total. The Morgan fingerprint density at radius 1 is 1.43 bits per heavy atom. The van der Waals surface area contributed by atoms with Crippen LogP contribution in [0, 0.1) is 11.3 Å². The third-order valence-corrected chi connectivity index (χ3v) is 4.12. The topological polar surface area (TPSA) is 39.1 Å². The number of rotatable bonds is 4. The van der Waals surface area contributed by atoms with Gasteiger partial charge < -0.3 is 5.32 Å². The molecular weight excluding hydrogens is 282 g/mol. The zero-order valence-corrected chi connectivity index (χ0v) is 13.5. The number of hydrogen-bond acceptors (Lipinski definition) is 3. The molecule has 0 aliphatic carbocycles. The molecule has 0 atom stereocenters. The van der Waals surface area contributed by atoms with E-state index in [0.717, 1.165) is 38.2 Å². The van der Waals surface area contributed by atoms with Crippen molar-refractivity contribution >= 4 is 17.3 Å². The van der Waals surface area contributed by atoms with Gasteiger partial charge in [0.15, 0.2) is 0 Å². The van der Waals surface area contributed by atoms with Gasteiger partial charge in [-0.15, -0.1) is 0 Å². The second-order valence-electron chi connectivity index (χ2n) is 5.81. The molecule has 1 saturated heterocycles. The minimum Gasteiger partial charge on any atom is -0.382 e. The summed E-state index contributed by atoms with van der Waals surface area (Å²) in [4.78, 5) is 2.48. The Kier molecular flexibility index (Phi) is 5.67. The van der Waals surface area contributed by atoms with Gasteiger partial charge in [-0.2, -0.15) is 5.26 Å². The lowest BCUT2D eigenvalue weighted by Crippen LogP contribution is -2.39. The zero-order chi connectivity index (χ0) is 15.2. The molecule has 2 rings (SSSR count). The maximum atomic E-state index is 8.88. The summed E-state index contributed by atoms with van der Waals surface area (Å²) in [7, 11) is 0. The minimum absolute atomic E-state index is 0.483. The minimum atomic E-state index is 0.483. The van der Waals surface area contributed by atoms with E-state index in [0.29, 0.717) is 16.6 Å². The highest BCUT2D eigenvalue weighted by molar-refractivity contribution is 6.32. The van der Waals surface area contributed by atoms with E-state index in [-0.39, 0.29) is 0 Å². The quantitative estimate of drug-likeness (QED) is 0.853. The monoisotopic (exact) mass is 303 g/mol. The molecule has 1 heterocycles. The SMILES string of the molecule is CC(C)=CCN1CCC(Nc2ccc(C#N)c(Cl)c2)CC1. The van der Waals surface area contributed by atoms with Gasteiger partial charge in [-0.25, -0.2) is 0 Å². The van der Waals surface area contributed by atoms with Crippen molar-refractivity contribution in [3.63, 3.8) is 0 Å². The molecule has 0 bridgehead atoms. The van der Waals surface area contributed by atoms with Crippen molar-refractivity contribution in [2.45, 2.75) is 32.7 Å². The molecule has 1 aromatic rings. The van der Waals surface area contributed by atoms with Crippen LogP contribution in [0.4, 0.5) is 5.69 Å². The molecule has 1 aromatic carbocycles. The van der Waals surface area contributed by atoms with Gasteiger partial charge in [0, 0.05) is 31.4 Å². The number of nitrogens with zero attached hydrogens (tertiary/aromatic N) is 2. The van der Waals surface area contributed by atoms with Gasteiger partial charge in [-0.1, -0.05) is 23.3 Å². The van der Waals surface area contributed by atoms with Gasteiger partial charge in [0.2, 0.25) is 0 Å². The van der Waals surface area contributed by atoms with E-state index < -0.39 is 0 Å². The molecule has 0 radical (unpaired) electrons. The van der Waals surface area contributed by atoms with Gasteiger partial charge in [0.25, 0.3) is 0 Å². The molecule has 1 aliphatic heterocycles. The number of likely N-dealkylation sites (tertiary alicyclic amines) is 1. The highest BCUT2D eigenvalue weighted by Crippen LogP contribution is 2.22. The van der Waals surface area contributed by atoms with Gasteiger partial charge in [0.1, 0.15) is 6.07 Å². The first-order valence-electron chi connectivity index (χ1n) is 7.40. The van der Waals surface area contributed by atoms with Crippen LogP contribution in [0.5, 0.6) is 0 Å². The van der Waals surface area contributed by atoms with Crippen molar-refractivity contribution in [3.05, 3.63) is 40.4 Å². The average Bonchev–Trinajstić information content (AvgIpc) is 2.47. The number of piperidine rings is 1. The maximum Gasteiger partial charge on any atom is 0.101 e. The summed E-state index contributed by atoms with van der Waals surface area (Å²) in [5, 5.41) is 12.9. The van der Waals surface area contributed by atoms with E-state index in [1.165, 1.54) is 5.57 Å². The fraction of sp³-hybridized carbons (Fsp3) is 0.471. The summed E-state index contributed by atoms with van der Waals surface area (Å²) >= 11 is 6.06. The fourth-order valence-corrected chi connectivity index (χ4v) is 2.73. The fourth-order valence-electron chi connectivity index (χ4n) is 2.50. The molecule has 21 heavy (non-hydrogen) atoms. The Balaban J connectivity index is 1.85. The molecule has 0 aromatic heterocycles. The molecule has 0 amide bonds. The van der Waals surface area contributed by atoms with E-state index in [2.05, 4.69) is 36.2 Å². The molecule has 1 fully saturated rings. The number of hydrogen-bond donors (Lipinski definition) is 1. The van der Waals surface area contributed by atoms with E-state index in [4.69, 9.17) is 16.9 Å². The van der Waals surface area contributed by atoms with Crippen LogP contribution >= 0.6 is 11.6 Å². The largest absolute Gasteiger partial charge is 0.382 e. The predicted molar refractivity (Wildman–Crippen MR) is 88.7 cm³/mol. The number of benzene rings is 1. The first-order valence-corrected chi connectivity index (χ1v) is 7.78. The number of allylic oxidation sites excluding steroid dienone is 1. The Morgan fingerprint density at radius 2 is 2.14 bits per heavy atom. The van der Waals surface area contributed by atoms with Gasteiger partial charge in [-0.3, -0.25) is 4.90 Å². The summed E-state index contributed by atoms with van der Waals surface area (Å²) in [6.07, 6.45) is 4.55. The first-order chi connectivity index (χ1) is 10.1. The summed E-state index contributed by atoms with van der Waals surface area (Å²) in [5.41, 5.74) is 2.91. The summed E-state index contributed by atoms with van der Waals surface area (Å²) in [6.45, 7) is 7.57. The lowest BCUT2D eigenvalue weighted by Gasteiger charge is -2.32. The molecule has 4 heteroatoms. The Labute approximate surface area is 132 Å². The molecule has 0 unspecified atom stereocenters. The molecule has 112 valence electrons. The third kappa shape index (κ3) is 4.77. The van der Waals surface area contributed by atoms with Crippen LogP contribution < -0.4 is 5.32 Å². The molecule has 3 nitrogen and oxygen atoms in total. The van der Waals surface area contributed by atoms with Crippen molar-refractivity contribution < 1.29 is 0 Å². The van der Waals surface area contributed by atoms with Crippen LogP contribution in [-0.4, -0.2) is 30.6 Å². The number of nitrogens with one attached hydrogen (secondary N) is 1. The maximum absolute atomic E-state index is 8.88. The lowest BCUT2D eigenvalue weighted by atomic mass is 10.0. The summed E-state index contributed by atoms with van der Waals surface area (Å²) in [6, 6.07) is 8.11. The average molecular weight is 304 g/mol. The highest BCUT2D eigenvalue weighted by atomic mass is 35.5. The predicted octanol–water partition coefficient (Wildman–Crippen LogP) is 4.05. The van der Waals surface area contributed by atoms with Crippen LogP contribution in [0.15, 0.2) is 29.8 Å². The van der Waals surface area contributed by atoms with Crippen LogP contribution in [0.25, 0.3) is 0 Å². The molecule has 0 saturated carbocycles. The summed E-state index contributed by atoms with van der Waals surface area (Å²) < 4.78 is 0. The zero-order valence-electron chi connectivity index (χ0n) is 12.7.